The Morgan fingerprint density at radius 3 is 2.62 bits per heavy atom. The summed E-state index contributed by atoms with van der Waals surface area (Å²) >= 11 is 3.52. The molecule has 1 atom stereocenters. The number of unbranched alkanes of at least 4 members (excludes halogenated alkanes) is 2. The highest BCUT2D eigenvalue weighted by molar-refractivity contribution is 9.10. The fourth-order valence-corrected chi connectivity index (χ4v) is 4.72. The van der Waals surface area contributed by atoms with E-state index in [1.54, 1.807) is 4.90 Å². The average molecular weight is 454 g/mol. The van der Waals surface area contributed by atoms with Crippen LogP contribution < -0.4 is 5.43 Å². The number of hydrogen-bond acceptors (Lipinski definition) is 3. The Kier molecular flexibility index (Phi) is 5.34. The molecule has 0 spiro atoms. The van der Waals surface area contributed by atoms with E-state index in [1.165, 1.54) is 0 Å². The van der Waals surface area contributed by atoms with Crippen molar-refractivity contribution in [1.29, 1.82) is 0 Å². The second kappa shape index (κ2) is 7.79. The van der Waals surface area contributed by atoms with Crippen LogP contribution in [0.15, 0.2) is 50.1 Å². The zero-order chi connectivity index (χ0) is 20.7. The number of amides is 1. The highest BCUT2D eigenvalue weighted by atomic mass is 79.9. The molecule has 2 aromatic carbocycles. The van der Waals surface area contributed by atoms with E-state index in [-0.39, 0.29) is 17.1 Å². The summed E-state index contributed by atoms with van der Waals surface area (Å²) in [6.07, 6.45) is 3.00. The van der Waals surface area contributed by atoms with Crippen LogP contribution in [0.25, 0.3) is 11.0 Å². The molecule has 2 heterocycles. The molecule has 0 fully saturated rings. The molecule has 4 nitrogen and oxygen atoms in total. The second-order valence-electron chi connectivity index (χ2n) is 7.79. The van der Waals surface area contributed by atoms with Crippen molar-refractivity contribution in [2.24, 2.45) is 0 Å². The van der Waals surface area contributed by atoms with Gasteiger partial charge in [-0.05, 0) is 55.2 Å². The molecule has 0 bridgehead atoms. The van der Waals surface area contributed by atoms with Gasteiger partial charge in [-0.2, -0.15) is 0 Å². The van der Waals surface area contributed by atoms with E-state index in [9.17, 15) is 9.59 Å². The molecule has 0 saturated heterocycles. The minimum atomic E-state index is -0.423. The van der Waals surface area contributed by atoms with Crippen LogP contribution in [0.3, 0.4) is 0 Å². The molecule has 3 aromatic rings. The van der Waals surface area contributed by atoms with Crippen LogP contribution in [-0.2, 0) is 0 Å². The fourth-order valence-electron chi connectivity index (χ4n) is 4.30. The van der Waals surface area contributed by atoms with Crippen LogP contribution in [0.1, 0.15) is 65.0 Å². The molecule has 150 valence electrons. The predicted molar refractivity (Wildman–Crippen MR) is 119 cm³/mol. The van der Waals surface area contributed by atoms with Gasteiger partial charge in [0.25, 0.3) is 5.91 Å². The number of benzene rings is 2. The first-order chi connectivity index (χ1) is 13.9. The van der Waals surface area contributed by atoms with Gasteiger partial charge in [0.05, 0.1) is 17.0 Å². The van der Waals surface area contributed by atoms with Gasteiger partial charge in [0, 0.05) is 11.0 Å². The van der Waals surface area contributed by atoms with Gasteiger partial charge >= 0.3 is 0 Å². The monoisotopic (exact) mass is 453 g/mol. The molecule has 0 aliphatic carbocycles. The Labute approximate surface area is 178 Å². The van der Waals surface area contributed by atoms with Crippen LogP contribution in [-0.4, -0.2) is 17.4 Å². The van der Waals surface area contributed by atoms with E-state index in [0.717, 1.165) is 40.4 Å². The first kappa shape index (κ1) is 19.9. The van der Waals surface area contributed by atoms with Gasteiger partial charge in [-0.3, -0.25) is 9.59 Å². The lowest BCUT2D eigenvalue weighted by molar-refractivity contribution is 0.0724. The molecule has 5 heteroatoms. The van der Waals surface area contributed by atoms with Crippen molar-refractivity contribution in [2.75, 3.05) is 6.54 Å². The number of carbonyl (C=O) groups excluding carboxylic acids is 1. The van der Waals surface area contributed by atoms with Gasteiger partial charge < -0.3 is 9.32 Å². The van der Waals surface area contributed by atoms with E-state index in [1.807, 2.05) is 50.2 Å². The standard InChI is InChI=1S/C24H24BrNO3/c1-4-5-6-10-26-21(16-8-7-9-17(25)13-16)20-22(27)19-15(3)11-14(2)12-18(19)29-23(20)24(26)28/h7-9,11-13,21H,4-6,10H2,1-3H3. The van der Waals surface area contributed by atoms with Crippen molar-refractivity contribution >= 4 is 32.8 Å². The van der Waals surface area contributed by atoms with Crippen LogP contribution in [0, 0.1) is 13.8 Å². The Hall–Kier alpha value is -2.40. The van der Waals surface area contributed by atoms with Crippen LogP contribution in [0.5, 0.6) is 0 Å². The smallest absolute Gasteiger partial charge is 0.290 e. The van der Waals surface area contributed by atoms with Crippen LogP contribution in [0.4, 0.5) is 0 Å². The lowest BCUT2D eigenvalue weighted by Crippen LogP contribution is -2.30. The van der Waals surface area contributed by atoms with Crippen molar-refractivity contribution in [1.82, 2.24) is 4.90 Å². The third kappa shape index (κ3) is 3.42. The zero-order valence-corrected chi connectivity index (χ0v) is 18.5. The van der Waals surface area contributed by atoms with Crippen LogP contribution in [0.2, 0.25) is 0 Å². The summed E-state index contributed by atoms with van der Waals surface area (Å²) in [7, 11) is 0. The first-order valence-electron chi connectivity index (χ1n) is 10.1. The van der Waals surface area contributed by atoms with E-state index in [2.05, 4.69) is 22.9 Å². The summed E-state index contributed by atoms with van der Waals surface area (Å²) in [6.45, 7) is 6.61. The number of nitrogens with zero attached hydrogens (tertiary/aromatic N) is 1. The Morgan fingerprint density at radius 1 is 1.10 bits per heavy atom. The predicted octanol–water partition coefficient (Wildman–Crippen LogP) is 5.91. The molecule has 1 aliphatic rings. The van der Waals surface area contributed by atoms with Gasteiger partial charge in [-0.25, -0.2) is 0 Å². The Bertz CT molecular complexity index is 1160. The van der Waals surface area contributed by atoms with Crippen molar-refractivity contribution in [3.63, 3.8) is 0 Å². The molecule has 1 unspecified atom stereocenters. The first-order valence-corrected chi connectivity index (χ1v) is 10.9. The summed E-state index contributed by atoms with van der Waals surface area (Å²) in [6, 6.07) is 11.2. The van der Waals surface area contributed by atoms with Gasteiger partial charge in [0.1, 0.15) is 5.58 Å². The molecule has 0 radical (unpaired) electrons. The van der Waals surface area contributed by atoms with E-state index < -0.39 is 6.04 Å². The maximum atomic E-state index is 13.6. The molecule has 29 heavy (non-hydrogen) atoms. The van der Waals surface area contributed by atoms with Gasteiger partial charge in [-0.15, -0.1) is 0 Å². The molecule has 0 N–H and O–H groups in total. The maximum absolute atomic E-state index is 13.6. The highest BCUT2D eigenvalue weighted by Crippen LogP contribution is 2.39. The SMILES string of the molecule is CCCCCN1C(=O)c2oc3cc(C)cc(C)c3c(=O)c2C1c1cccc(Br)c1. The second-order valence-corrected chi connectivity index (χ2v) is 8.71. The number of hydrogen-bond donors (Lipinski definition) is 0. The van der Waals surface area contributed by atoms with E-state index >= 15 is 0 Å². The van der Waals surface area contributed by atoms with Gasteiger partial charge in [0.15, 0.2) is 5.43 Å². The van der Waals surface area contributed by atoms with E-state index in [4.69, 9.17) is 4.42 Å². The fraction of sp³-hybridized carbons (Fsp3) is 0.333. The van der Waals surface area contributed by atoms with Crippen molar-refractivity contribution in [2.45, 2.75) is 46.1 Å². The Balaban J connectivity index is 1.96. The molecule has 1 aliphatic heterocycles. The number of halogens is 1. The molecule has 1 amide bonds. The molecular weight excluding hydrogens is 430 g/mol. The largest absolute Gasteiger partial charge is 0.450 e. The summed E-state index contributed by atoms with van der Waals surface area (Å²) < 4.78 is 6.99. The molecule has 4 rings (SSSR count). The maximum Gasteiger partial charge on any atom is 0.290 e. The zero-order valence-electron chi connectivity index (χ0n) is 16.9. The molecule has 0 saturated carbocycles. The minimum absolute atomic E-state index is 0.102. The topological polar surface area (TPSA) is 50.5 Å². The number of carbonyl (C=O) groups is 1. The van der Waals surface area contributed by atoms with Gasteiger partial charge in [-0.1, -0.05) is 53.9 Å². The normalized spacial score (nSPS) is 15.9. The Morgan fingerprint density at radius 2 is 1.90 bits per heavy atom. The average Bonchev–Trinajstić information content (AvgIpc) is 2.94. The summed E-state index contributed by atoms with van der Waals surface area (Å²) in [5, 5.41) is 0.567. The highest BCUT2D eigenvalue weighted by Gasteiger charge is 2.42. The quantitative estimate of drug-likeness (QED) is 0.451. The molecular formula is C24H24BrNO3. The number of fused-ring (bicyclic) bond motifs is 2. The number of aryl methyl sites for hydroxylation is 2. The summed E-state index contributed by atoms with van der Waals surface area (Å²) in [5.74, 6) is -0.00629. The summed E-state index contributed by atoms with van der Waals surface area (Å²) in [4.78, 5) is 28.7. The number of rotatable bonds is 5. The lowest BCUT2D eigenvalue weighted by atomic mass is 9.97. The van der Waals surface area contributed by atoms with Crippen LogP contribution >= 0.6 is 15.9 Å². The van der Waals surface area contributed by atoms with Crippen molar-refractivity contribution in [3.8, 4) is 0 Å². The third-order valence-electron chi connectivity index (χ3n) is 5.58. The van der Waals surface area contributed by atoms with Crippen molar-refractivity contribution < 1.29 is 9.21 Å². The third-order valence-corrected chi connectivity index (χ3v) is 6.07. The summed E-state index contributed by atoms with van der Waals surface area (Å²) in [5.41, 5.74) is 3.65. The molecule has 1 aromatic heterocycles. The lowest BCUT2D eigenvalue weighted by Gasteiger charge is -2.25. The van der Waals surface area contributed by atoms with Crippen molar-refractivity contribution in [3.05, 3.63) is 79.1 Å². The van der Waals surface area contributed by atoms with E-state index in [0.29, 0.717) is 23.1 Å². The van der Waals surface area contributed by atoms with Gasteiger partial charge in [0.2, 0.25) is 5.76 Å². The minimum Gasteiger partial charge on any atom is -0.450 e.